The fourth-order valence-electron chi connectivity index (χ4n) is 1.90. The van der Waals surface area contributed by atoms with Gasteiger partial charge in [-0.15, -0.1) is 0 Å². The second-order valence-corrected chi connectivity index (χ2v) is 5.14. The Morgan fingerprint density at radius 2 is 2.05 bits per heavy atom. The van der Waals surface area contributed by atoms with Crippen molar-refractivity contribution in [3.8, 4) is 5.75 Å². The van der Waals surface area contributed by atoms with Gasteiger partial charge in [-0.2, -0.15) is 0 Å². The highest BCUT2D eigenvalue weighted by Crippen LogP contribution is 2.19. The number of hydrogen-bond acceptors (Lipinski definition) is 3. The average Bonchev–Trinajstić information content (AvgIpc) is 2.42. The SMILES string of the molecule is CCNC(COCCC(C)C)c1cccc(OC)c1. The first-order valence-corrected chi connectivity index (χ1v) is 7.12. The molecule has 0 aliphatic rings. The van der Waals surface area contributed by atoms with Gasteiger partial charge in [0.25, 0.3) is 0 Å². The third kappa shape index (κ3) is 6.08. The lowest BCUT2D eigenvalue weighted by atomic mass is 10.1. The van der Waals surface area contributed by atoms with Gasteiger partial charge in [0.05, 0.1) is 19.8 Å². The Balaban J connectivity index is 2.55. The minimum Gasteiger partial charge on any atom is -0.497 e. The minimum atomic E-state index is 0.229. The lowest BCUT2D eigenvalue weighted by molar-refractivity contribution is 0.103. The van der Waals surface area contributed by atoms with E-state index in [0.717, 1.165) is 25.3 Å². The lowest BCUT2D eigenvalue weighted by Gasteiger charge is -2.19. The summed E-state index contributed by atoms with van der Waals surface area (Å²) in [6, 6.07) is 8.40. The molecule has 0 spiro atoms. The average molecular weight is 265 g/mol. The van der Waals surface area contributed by atoms with Crippen LogP contribution in [0.15, 0.2) is 24.3 Å². The van der Waals surface area contributed by atoms with Crippen molar-refractivity contribution >= 4 is 0 Å². The van der Waals surface area contributed by atoms with Gasteiger partial charge in [0.1, 0.15) is 5.75 Å². The van der Waals surface area contributed by atoms with Gasteiger partial charge in [0, 0.05) is 6.61 Å². The fourth-order valence-corrected chi connectivity index (χ4v) is 1.90. The van der Waals surface area contributed by atoms with E-state index in [1.165, 1.54) is 5.56 Å². The topological polar surface area (TPSA) is 30.5 Å². The second kappa shape index (κ2) is 8.94. The Bertz CT molecular complexity index is 352. The van der Waals surface area contributed by atoms with Crippen molar-refractivity contribution in [2.45, 2.75) is 33.2 Å². The highest BCUT2D eigenvalue weighted by Gasteiger charge is 2.11. The van der Waals surface area contributed by atoms with Crippen LogP contribution in [-0.4, -0.2) is 26.9 Å². The molecule has 0 heterocycles. The molecule has 0 radical (unpaired) electrons. The quantitative estimate of drug-likeness (QED) is 0.694. The molecule has 1 aromatic carbocycles. The minimum absolute atomic E-state index is 0.229. The molecule has 108 valence electrons. The van der Waals surface area contributed by atoms with Gasteiger partial charge in [-0.05, 0) is 36.6 Å². The van der Waals surface area contributed by atoms with Gasteiger partial charge in [-0.1, -0.05) is 32.9 Å². The largest absolute Gasteiger partial charge is 0.497 e. The molecule has 0 saturated carbocycles. The molecule has 0 aliphatic heterocycles. The summed E-state index contributed by atoms with van der Waals surface area (Å²) in [7, 11) is 1.69. The summed E-state index contributed by atoms with van der Waals surface area (Å²) in [5.41, 5.74) is 1.21. The molecule has 0 saturated heterocycles. The van der Waals surface area contributed by atoms with E-state index >= 15 is 0 Å². The Morgan fingerprint density at radius 3 is 2.68 bits per heavy atom. The molecule has 3 nitrogen and oxygen atoms in total. The highest BCUT2D eigenvalue weighted by molar-refractivity contribution is 5.30. The summed E-state index contributed by atoms with van der Waals surface area (Å²) >= 11 is 0. The van der Waals surface area contributed by atoms with E-state index in [9.17, 15) is 0 Å². The van der Waals surface area contributed by atoms with Gasteiger partial charge in [0.2, 0.25) is 0 Å². The number of nitrogens with one attached hydrogen (secondary N) is 1. The number of benzene rings is 1. The predicted octanol–water partition coefficient (Wildman–Crippen LogP) is 3.41. The molecule has 1 atom stereocenters. The van der Waals surface area contributed by atoms with E-state index in [0.29, 0.717) is 12.5 Å². The van der Waals surface area contributed by atoms with E-state index in [1.54, 1.807) is 7.11 Å². The Morgan fingerprint density at radius 1 is 1.26 bits per heavy atom. The maximum absolute atomic E-state index is 5.78. The normalized spacial score (nSPS) is 12.7. The lowest BCUT2D eigenvalue weighted by Crippen LogP contribution is -2.25. The van der Waals surface area contributed by atoms with Crippen molar-refractivity contribution < 1.29 is 9.47 Å². The molecule has 1 aromatic rings. The zero-order chi connectivity index (χ0) is 14.1. The standard InChI is InChI=1S/C16H27NO2/c1-5-17-16(12-19-10-9-13(2)3)14-7-6-8-15(11-14)18-4/h6-8,11,13,16-17H,5,9-10,12H2,1-4H3. The maximum Gasteiger partial charge on any atom is 0.119 e. The van der Waals surface area contributed by atoms with Crippen LogP contribution in [0, 0.1) is 5.92 Å². The third-order valence-corrected chi connectivity index (χ3v) is 3.07. The van der Waals surface area contributed by atoms with Crippen LogP contribution in [0.1, 0.15) is 38.8 Å². The van der Waals surface area contributed by atoms with Crippen molar-refractivity contribution in [3.05, 3.63) is 29.8 Å². The van der Waals surface area contributed by atoms with Crippen LogP contribution < -0.4 is 10.1 Å². The molecule has 0 amide bonds. The van der Waals surface area contributed by atoms with Crippen LogP contribution in [0.4, 0.5) is 0 Å². The van der Waals surface area contributed by atoms with Crippen molar-refractivity contribution in [2.75, 3.05) is 26.9 Å². The smallest absolute Gasteiger partial charge is 0.119 e. The maximum atomic E-state index is 5.78. The fraction of sp³-hybridized carbons (Fsp3) is 0.625. The molecular formula is C16H27NO2. The van der Waals surface area contributed by atoms with Crippen molar-refractivity contribution in [1.29, 1.82) is 0 Å². The van der Waals surface area contributed by atoms with E-state index in [2.05, 4.69) is 38.2 Å². The Labute approximate surface area is 117 Å². The van der Waals surface area contributed by atoms with Crippen molar-refractivity contribution in [2.24, 2.45) is 5.92 Å². The Kier molecular flexibility index (Phi) is 7.53. The zero-order valence-electron chi connectivity index (χ0n) is 12.6. The summed E-state index contributed by atoms with van der Waals surface area (Å²) in [5, 5.41) is 3.46. The van der Waals surface area contributed by atoms with Crippen LogP contribution in [0.5, 0.6) is 5.75 Å². The molecule has 1 unspecified atom stereocenters. The van der Waals surface area contributed by atoms with E-state index in [4.69, 9.17) is 9.47 Å². The van der Waals surface area contributed by atoms with Crippen LogP contribution in [0.2, 0.25) is 0 Å². The number of methoxy groups -OCH3 is 1. The first-order valence-electron chi connectivity index (χ1n) is 7.12. The summed E-state index contributed by atoms with van der Waals surface area (Å²) in [6.45, 7) is 8.99. The first-order chi connectivity index (χ1) is 9.17. The molecule has 0 aliphatic carbocycles. The third-order valence-electron chi connectivity index (χ3n) is 3.07. The van der Waals surface area contributed by atoms with Crippen molar-refractivity contribution in [3.63, 3.8) is 0 Å². The molecule has 0 fully saturated rings. The van der Waals surface area contributed by atoms with Gasteiger partial charge in [0.15, 0.2) is 0 Å². The van der Waals surface area contributed by atoms with Gasteiger partial charge in [-0.3, -0.25) is 0 Å². The van der Waals surface area contributed by atoms with Crippen LogP contribution in [0.3, 0.4) is 0 Å². The number of ether oxygens (including phenoxy) is 2. The van der Waals surface area contributed by atoms with Crippen LogP contribution >= 0.6 is 0 Å². The second-order valence-electron chi connectivity index (χ2n) is 5.14. The summed E-state index contributed by atoms with van der Waals surface area (Å²) in [6.07, 6.45) is 1.11. The van der Waals surface area contributed by atoms with E-state index in [1.807, 2.05) is 12.1 Å². The Hall–Kier alpha value is -1.06. The van der Waals surface area contributed by atoms with Gasteiger partial charge in [-0.25, -0.2) is 0 Å². The number of hydrogen-bond donors (Lipinski definition) is 1. The van der Waals surface area contributed by atoms with Crippen LogP contribution in [0.25, 0.3) is 0 Å². The number of likely N-dealkylation sites (N-methyl/N-ethyl adjacent to an activating group) is 1. The predicted molar refractivity (Wildman–Crippen MR) is 79.7 cm³/mol. The molecular weight excluding hydrogens is 238 g/mol. The van der Waals surface area contributed by atoms with Crippen molar-refractivity contribution in [1.82, 2.24) is 5.32 Å². The monoisotopic (exact) mass is 265 g/mol. The molecule has 19 heavy (non-hydrogen) atoms. The molecule has 0 aromatic heterocycles. The molecule has 1 N–H and O–H groups in total. The number of rotatable bonds is 9. The summed E-state index contributed by atoms with van der Waals surface area (Å²) in [4.78, 5) is 0. The van der Waals surface area contributed by atoms with Gasteiger partial charge >= 0.3 is 0 Å². The summed E-state index contributed by atoms with van der Waals surface area (Å²) in [5.74, 6) is 1.58. The molecule has 0 bridgehead atoms. The first kappa shape index (κ1) is 16.0. The van der Waals surface area contributed by atoms with E-state index in [-0.39, 0.29) is 6.04 Å². The highest BCUT2D eigenvalue weighted by atomic mass is 16.5. The zero-order valence-corrected chi connectivity index (χ0v) is 12.6. The van der Waals surface area contributed by atoms with E-state index < -0.39 is 0 Å². The molecule has 1 rings (SSSR count). The molecule has 3 heteroatoms. The van der Waals surface area contributed by atoms with Crippen LogP contribution in [-0.2, 0) is 4.74 Å². The summed E-state index contributed by atoms with van der Waals surface area (Å²) < 4.78 is 11.1. The van der Waals surface area contributed by atoms with Gasteiger partial charge < -0.3 is 14.8 Å².